The number of amides is 2. The molecule has 1 aliphatic rings. The fourth-order valence-electron chi connectivity index (χ4n) is 2.47. The first-order chi connectivity index (χ1) is 14.0. The van der Waals surface area contributed by atoms with E-state index in [0.29, 0.717) is 29.3 Å². The van der Waals surface area contributed by atoms with E-state index in [1.165, 1.54) is 37.0 Å². The summed E-state index contributed by atoms with van der Waals surface area (Å²) >= 11 is 1.25. The molecule has 0 saturated carbocycles. The van der Waals surface area contributed by atoms with Crippen molar-refractivity contribution in [2.45, 2.75) is 6.42 Å². The quantitative estimate of drug-likeness (QED) is 0.356. The molecule has 1 aromatic carbocycles. The van der Waals surface area contributed by atoms with E-state index >= 15 is 0 Å². The predicted octanol–water partition coefficient (Wildman–Crippen LogP) is 0.948. The van der Waals surface area contributed by atoms with Gasteiger partial charge in [-0.05, 0) is 18.6 Å². The van der Waals surface area contributed by atoms with Crippen molar-refractivity contribution in [2.24, 2.45) is 0 Å². The van der Waals surface area contributed by atoms with Crippen LogP contribution in [-0.4, -0.2) is 68.3 Å². The van der Waals surface area contributed by atoms with E-state index in [9.17, 15) is 19.2 Å². The van der Waals surface area contributed by atoms with Crippen molar-refractivity contribution in [3.8, 4) is 5.75 Å². The molecule has 2 amide bonds. The molecule has 1 aliphatic heterocycles. The zero-order valence-electron chi connectivity index (χ0n) is 16.1. The Bertz CT molecular complexity index is 810. The normalized spacial score (nSPS) is 14.6. The summed E-state index contributed by atoms with van der Waals surface area (Å²) in [5, 5.41) is 2.99. The molecule has 0 unspecified atom stereocenters. The van der Waals surface area contributed by atoms with Gasteiger partial charge in [0.1, 0.15) is 12.3 Å². The molecule has 156 valence electrons. The standard InChI is InChI=1S/C19H22N2O7S/c1-26-14-7-4-3-6-13(14)19(25)20-11-18(24)28-9-5-8-21-15(22)12-29-16(21)10-17(23)27-2/h3-4,6-7,10H,5,8-9,11-12H2,1-2H3,(H,20,25)/b16-10+. The molecule has 2 rings (SSSR count). The van der Waals surface area contributed by atoms with E-state index in [-0.39, 0.29) is 24.8 Å². The highest BCUT2D eigenvalue weighted by Crippen LogP contribution is 2.28. The molecule has 1 saturated heterocycles. The SMILES string of the molecule is COC(=O)/C=C1/SCC(=O)N1CCCOC(=O)CNC(=O)c1ccccc1OC. The van der Waals surface area contributed by atoms with Gasteiger partial charge in [-0.3, -0.25) is 14.4 Å². The molecule has 0 radical (unpaired) electrons. The second-order valence-electron chi connectivity index (χ2n) is 5.80. The van der Waals surface area contributed by atoms with Crippen molar-refractivity contribution in [2.75, 3.05) is 39.7 Å². The van der Waals surface area contributed by atoms with E-state index in [1.807, 2.05) is 0 Å². The zero-order chi connectivity index (χ0) is 21.2. The third-order valence-corrected chi connectivity index (χ3v) is 4.91. The minimum absolute atomic E-state index is 0.0727. The third-order valence-electron chi connectivity index (χ3n) is 3.89. The van der Waals surface area contributed by atoms with Crippen LogP contribution in [-0.2, 0) is 23.9 Å². The Morgan fingerprint density at radius 1 is 1.24 bits per heavy atom. The number of benzene rings is 1. The smallest absolute Gasteiger partial charge is 0.333 e. The van der Waals surface area contributed by atoms with E-state index in [1.54, 1.807) is 24.3 Å². The molecule has 0 spiro atoms. The van der Waals surface area contributed by atoms with E-state index in [4.69, 9.17) is 9.47 Å². The van der Waals surface area contributed by atoms with Gasteiger partial charge in [-0.2, -0.15) is 0 Å². The molecule has 1 fully saturated rings. The van der Waals surface area contributed by atoms with Gasteiger partial charge >= 0.3 is 11.9 Å². The number of para-hydroxylation sites is 1. The van der Waals surface area contributed by atoms with Crippen molar-refractivity contribution in [1.29, 1.82) is 0 Å². The summed E-state index contributed by atoms with van der Waals surface area (Å²) < 4.78 is 14.7. The molecule has 10 heteroatoms. The number of carbonyl (C=O) groups excluding carboxylic acids is 4. The Hall–Kier alpha value is -3.01. The molecule has 1 heterocycles. The number of ether oxygens (including phenoxy) is 3. The highest BCUT2D eigenvalue weighted by atomic mass is 32.2. The van der Waals surface area contributed by atoms with Gasteiger partial charge in [-0.25, -0.2) is 4.79 Å². The van der Waals surface area contributed by atoms with Crippen molar-refractivity contribution < 1.29 is 33.4 Å². The monoisotopic (exact) mass is 422 g/mol. The molecular formula is C19H22N2O7S. The van der Waals surface area contributed by atoms with Crippen LogP contribution in [0.5, 0.6) is 5.75 Å². The molecule has 0 aromatic heterocycles. The van der Waals surface area contributed by atoms with Gasteiger partial charge in [-0.15, -0.1) is 0 Å². The second-order valence-corrected chi connectivity index (χ2v) is 6.79. The summed E-state index contributed by atoms with van der Waals surface area (Å²) in [5.41, 5.74) is 0.317. The van der Waals surface area contributed by atoms with Crippen LogP contribution in [0.1, 0.15) is 16.8 Å². The van der Waals surface area contributed by atoms with Crippen LogP contribution in [0.2, 0.25) is 0 Å². The minimum Gasteiger partial charge on any atom is -0.496 e. The fourth-order valence-corrected chi connectivity index (χ4v) is 3.42. The Labute approximate surface area is 172 Å². The van der Waals surface area contributed by atoms with Crippen molar-refractivity contribution in [1.82, 2.24) is 10.2 Å². The summed E-state index contributed by atoms with van der Waals surface area (Å²) in [6.45, 7) is 0.0850. The van der Waals surface area contributed by atoms with Gasteiger partial charge in [0.25, 0.3) is 5.91 Å². The molecular weight excluding hydrogens is 400 g/mol. The first-order valence-electron chi connectivity index (χ1n) is 8.76. The van der Waals surface area contributed by atoms with Crippen LogP contribution < -0.4 is 10.1 Å². The molecule has 1 N–H and O–H groups in total. The second kappa shape index (κ2) is 11.1. The number of hydrogen-bond acceptors (Lipinski definition) is 8. The molecule has 0 bridgehead atoms. The van der Waals surface area contributed by atoms with Gasteiger partial charge in [-0.1, -0.05) is 23.9 Å². The Morgan fingerprint density at radius 3 is 2.72 bits per heavy atom. The predicted molar refractivity (Wildman–Crippen MR) is 105 cm³/mol. The lowest BCUT2D eigenvalue weighted by atomic mass is 10.2. The number of rotatable bonds is 9. The van der Waals surface area contributed by atoms with Crippen LogP contribution in [0.25, 0.3) is 0 Å². The van der Waals surface area contributed by atoms with Crippen LogP contribution in [0, 0.1) is 0 Å². The highest BCUT2D eigenvalue weighted by molar-refractivity contribution is 8.04. The first-order valence-corrected chi connectivity index (χ1v) is 9.74. The minimum atomic E-state index is -0.597. The number of hydrogen-bond donors (Lipinski definition) is 1. The maximum atomic E-state index is 12.1. The number of esters is 2. The highest BCUT2D eigenvalue weighted by Gasteiger charge is 2.27. The molecule has 9 nitrogen and oxygen atoms in total. The lowest BCUT2D eigenvalue weighted by Gasteiger charge is -2.16. The number of nitrogens with one attached hydrogen (secondary N) is 1. The zero-order valence-corrected chi connectivity index (χ0v) is 17.0. The number of methoxy groups -OCH3 is 2. The van der Waals surface area contributed by atoms with E-state index in [2.05, 4.69) is 10.1 Å². The summed E-state index contributed by atoms with van der Waals surface area (Å²) in [5.74, 6) is -1.05. The van der Waals surface area contributed by atoms with Crippen LogP contribution in [0.3, 0.4) is 0 Å². The van der Waals surface area contributed by atoms with Crippen molar-refractivity contribution in [3.63, 3.8) is 0 Å². The van der Waals surface area contributed by atoms with Gasteiger partial charge in [0, 0.05) is 6.54 Å². The maximum absolute atomic E-state index is 12.1. The summed E-state index contributed by atoms with van der Waals surface area (Å²) in [6.07, 6.45) is 1.64. The lowest BCUT2D eigenvalue weighted by Crippen LogP contribution is -2.31. The van der Waals surface area contributed by atoms with Gasteiger partial charge in [0.15, 0.2) is 0 Å². The van der Waals surface area contributed by atoms with E-state index in [0.717, 1.165) is 0 Å². The van der Waals surface area contributed by atoms with Crippen molar-refractivity contribution >= 4 is 35.5 Å². The largest absolute Gasteiger partial charge is 0.496 e. The molecule has 29 heavy (non-hydrogen) atoms. The fraction of sp³-hybridized carbons (Fsp3) is 0.368. The molecule has 0 atom stereocenters. The third kappa shape index (κ3) is 6.53. The average molecular weight is 422 g/mol. The van der Waals surface area contributed by atoms with Gasteiger partial charge < -0.3 is 24.4 Å². The van der Waals surface area contributed by atoms with E-state index < -0.39 is 17.8 Å². The molecule has 1 aromatic rings. The summed E-state index contributed by atoms with van der Waals surface area (Å²) in [4.78, 5) is 48.6. The number of thioether (sulfide) groups is 1. The maximum Gasteiger partial charge on any atom is 0.333 e. The number of carbonyl (C=O) groups is 4. The van der Waals surface area contributed by atoms with Gasteiger partial charge in [0.2, 0.25) is 5.91 Å². The Balaban J connectivity index is 1.73. The first kappa shape index (κ1) is 22.3. The summed E-state index contributed by atoms with van der Waals surface area (Å²) in [6, 6.07) is 6.66. The Kier molecular flexibility index (Phi) is 8.53. The number of nitrogens with zero attached hydrogens (tertiary/aromatic N) is 1. The topological polar surface area (TPSA) is 111 Å². The van der Waals surface area contributed by atoms with Crippen molar-refractivity contribution in [3.05, 3.63) is 40.9 Å². The van der Waals surface area contributed by atoms with Gasteiger partial charge in [0.05, 0.1) is 43.2 Å². The lowest BCUT2D eigenvalue weighted by molar-refractivity contribution is -0.142. The summed E-state index contributed by atoms with van der Waals surface area (Å²) in [7, 11) is 2.72. The Morgan fingerprint density at radius 2 is 2.00 bits per heavy atom. The van der Waals surface area contributed by atoms with Crippen LogP contribution in [0.15, 0.2) is 35.4 Å². The molecule has 0 aliphatic carbocycles. The average Bonchev–Trinajstić information content (AvgIpc) is 3.08. The van der Waals surface area contributed by atoms with Crippen LogP contribution >= 0.6 is 11.8 Å². The van der Waals surface area contributed by atoms with Crippen LogP contribution in [0.4, 0.5) is 0 Å².